The molecule has 2 atom stereocenters. The minimum atomic E-state index is -0.411. The van der Waals surface area contributed by atoms with Crippen LogP contribution in [0.25, 0.3) is 0 Å². The first-order valence-corrected chi connectivity index (χ1v) is 12.5. The zero-order valence-corrected chi connectivity index (χ0v) is 20.7. The molecule has 10 heteroatoms. The van der Waals surface area contributed by atoms with E-state index in [1.165, 1.54) is 0 Å². The third-order valence-corrected chi connectivity index (χ3v) is 7.24. The number of nitrogens with zero attached hydrogens (tertiary/aromatic N) is 5. The number of fused-ring (bicyclic) bond motifs is 1. The molecule has 1 fully saturated rings. The van der Waals surface area contributed by atoms with E-state index < -0.39 is 6.04 Å². The van der Waals surface area contributed by atoms with Crippen molar-refractivity contribution in [2.24, 2.45) is 0 Å². The number of likely N-dealkylation sites (tertiary alicyclic amines) is 1. The molecule has 4 aromatic rings. The summed E-state index contributed by atoms with van der Waals surface area (Å²) in [6.45, 7) is 1.23. The van der Waals surface area contributed by atoms with Crippen molar-refractivity contribution in [3.8, 4) is 11.5 Å². The number of halogens is 1. The third kappa shape index (κ3) is 4.87. The molecule has 0 spiro atoms. The quantitative estimate of drug-likeness (QED) is 0.399. The minimum absolute atomic E-state index is 0.0505. The average Bonchev–Trinajstić information content (AvgIpc) is 3.70. The molecule has 1 saturated heterocycles. The van der Waals surface area contributed by atoms with Gasteiger partial charge in [0.1, 0.15) is 6.33 Å². The second-order valence-electron chi connectivity index (χ2n) is 9.18. The van der Waals surface area contributed by atoms with Crippen LogP contribution in [-0.4, -0.2) is 50.4 Å². The molecule has 1 aromatic heterocycles. The van der Waals surface area contributed by atoms with E-state index in [0.717, 1.165) is 16.7 Å². The Bertz CT molecular complexity index is 1330. The highest BCUT2D eigenvalue weighted by Gasteiger charge is 2.39. The van der Waals surface area contributed by atoms with Crippen LogP contribution in [-0.2, 0) is 11.3 Å². The normalized spacial score (nSPS) is 18.9. The van der Waals surface area contributed by atoms with Crippen LogP contribution < -0.4 is 14.8 Å². The van der Waals surface area contributed by atoms with Crippen LogP contribution in [0.4, 0.5) is 0 Å². The van der Waals surface area contributed by atoms with Crippen molar-refractivity contribution in [1.29, 1.82) is 0 Å². The average molecular weight is 517 g/mol. The summed E-state index contributed by atoms with van der Waals surface area (Å²) in [4.78, 5) is 16.0. The molecule has 0 saturated carbocycles. The van der Waals surface area contributed by atoms with E-state index in [9.17, 15) is 4.79 Å². The number of amides is 1. The van der Waals surface area contributed by atoms with Crippen molar-refractivity contribution in [3.05, 3.63) is 101 Å². The van der Waals surface area contributed by atoms with E-state index in [-0.39, 0.29) is 24.8 Å². The van der Waals surface area contributed by atoms with Crippen LogP contribution in [0.3, 0.4) is 0 Å². The Balaban J connectivity index is 1.29. The van der Waals surface area contributed by atoms with Crippen molar-refractivity contribution in [1.82, 2.24) is 30.4 Å². The predicted octanol–water partition coefficient (Wildman–Crippen LogP) is 3.78. The van der Waals surface area contributed by atoms with Crippen LogP contribution >= 0.6 is 11.6 Å². The lowest BCUT2D eigenvalue weighted by Crippen LogP contribution is -2.44. The summed E-state index contributed by atoms with van der Waals surface area (Å²) in [6.07, 6.45) is 2.16. The summed E-state index contributed by atoms with van der Waals surface area (Å²) in [5, 5.41) is 15.5. The highest BCUT2D eigenvalue weighted by molar-refractivity contribution is 6.31. The summed E-state index contributed by atoms with van der Waals surface area (Å²) < 4.78 is 12.7. The van der Waals surface area contributed by atoms with Crippen LogP contribution in [0.15, 0.2) is 79.1 Å². The van der Waals surface area contributed by atoms with Crippen molar-refractivity contribution in [2.45, 2.75) is 31.1 Å². The van der Waals surface area contributed by atoms with Crippen LogP contribution in [0.5, 0.6) is 11.5 Å². The molecule has 2 aliphatic rings. The molecule has 3 aromatic carbocycles. The first-order chi connectivity index (χ1) is 18.2. The van der Waals surface area contributed by atoms with Crippen molar-refractivity contribution >= 4 is 17.5 Å². The molecule has 188 valence electrons. The number of ether oxygens (including phenoxy) is 2. The van der Waals surface area contributed by atoms with Gasteiger partial charge in [-0.05, 0) is 39.6 Å². The summed E-state index contributed by atoms with van der Waals surface area (Å²) >= 11 is 6.59. The molecular formula is C27H25ClN6O3. The predicted molar refractivity (Wildman–Crippen MR) is 136 cm³/mol. The van der Waals surface area contributed by atoms with E-state index in [4.69, 9.17) is 21.1 Å². The lowest BCUT2D eigenvalue weighted by atomic mass is 9.98. The van der Waals surface area contributed by atoms with Gasteiger partial charge < -0.3 is 14.8 Å². The monoisotopic (exact) mass is 516 g/mol. The second kappa shape index (κ2) is 10.2. The molecule has 6 rings (SSSR count). The number of carbonyl (C=O) groups is 1. The first kappa shape index (κ1) is 23.4. The van der Waals surface area contributed by atoms with Crippen LogP contribution in [0.2, 0.25) is 5.02 Å². The number of rotatable bonds is 7. The molecule has 0 aliphatic carbocycles. The molecule has 0 unspecified atom stereocenters. The highest BCUT2D eigenvalue weighted by Crippen LogP contribution is 2.38. The Morgan fingerprint density at radius 2 is 1.70 bits per heavy atom. The fraction of sp³-hybridized carbons (Fsp3) is 0.259. The smallest absolute Gasteiger partial charge is 0.238 e. The maximum absolute atomic E-state index is 13.9. The van der Waals surface area contributed by atoms with Gasteiger partial charge in [0.05, 0.1) is 18.1 Å². The van der Waals surface area contributed by atoms with E-state index in [1.54, 1.807) is 17.1 Å². The number of tetrazole rings is 1. The highest BCUT2D eigenvalue weighted by atomic mass is 35.5. The Morgan fingerprint density at radius 1 is 1.03 bits per heavy atom. The molecule has 37 heavy (non-hydrogen) atoms. The molecule has 3 heterocycles. The van der Waals surface area contributed by atoms with Crippen molar-refractivity contribution < 1.29 is 14.3 Å². The van der Waals surface area contributed by atoms with Gasteiger partial charge >= 0.3 is 0 Å². The summed E-state index contributed by atoms with van der Waals surface area (Å²) in [5.74, 6) is 1.22. The SMILES string of the molecule is O=C(NC(c1ccccc1)c1ccccc1)[C@@H]1C[C@@H](n2cnnn2)CN1Cc1cc2c(cc1Cl)OCO2. The Morgan fingerprint density at radius 3 is 2.35 bits per heavy atom. The molecular weight excluding hydrogens is 492 g/mol. The van der Waals surface area contributed by atoms with Gasteiger partial charge in [-0.15, -0.1) is 5.10 Å². The summed E-state index contributed by atoms with van der Waals surface area (Å²) in [5.41, 5.74) is 2.90. The van der Waals surface area contributed by atoms with Gasteiger partial charge in [0.15, 0.2) is 11.5 Å². The van der Waals surface area contributed by atoms with Crippen LogP contribution in [0.1, 0.15) is 35.2 Å². The topological polar surface area (TPSA) is 94.4 Å². The number of carbonyl (C=O) groups excluding carboxylic acids is 1. The van der Waals surface area contributed by atoms with Gasteiger partial charge in [0.2, 0.25) is 12.7 Å². The molecule has 0 bridgehead atoms. The van der Waals surface area contributed by atoms with Gasteiger partial charge in [-0.3, -0.25) is 9.69 Å². The van der Waals surface area contributed by atoms with E-state index in [0.29, 0.717) is 36.0 Å². The molecule has 1 amide bonds. The van der Waals surface area contributed by atoms with Crippen LogP contribution in [0, 0.1) is 0 Å². The second-order valence-corrected chi connectivity index (χ2v) is 9.59. The standard InChI is InChI=1S/C27H25ClN6O3/c28-22-13-25-24(36-17-37-25)11-20(22)14-33-15-21(34-16-29-31-32-34)12-23(33)27(35)30-26(18-7-3-1-4-8-18)19-9-5-2-6-10-19/h1-11,13,16,21,23,26H,12,14-15,17H2,(H,30,35)/t21-,23+/m1/s1. The van der Waals surface area contributed by atoms with Crippen molar-refractivity contribution in [3.63, 3.8) is 0 Å². The zero-order chi connectivity index (χ0) is 25.2. The number of nitrogens with one attached hydrogen (secondary N) is 1. The Labute approximate surface area is 218 Å². The number of hydrogen-bond acceptors (Lipinski definition) is 7. The number of hydrogen-bond donors (Lipinski definition) is 1. The first-order valence-electron chi connectivity index (χ1n) is 12.1. The molecule has 2 aliphatic heterocycles. The Kier molecular flexibility index (Phi) is 6.46. The largest absolute Gasteiger partial charge is 0.454 e. The van der Waals surface area contributed by atoms with E-state index in [2.05, 4.69) is 25.7 Å². The maximum atomic E-state index is 13.9. The van der Waals surface area contributed by atoms with Gasteiger partial charge in [0.25, 0.3) is 0 Å². The molecule has 0 radical (unpaired) electrons. The molecule has 9 nitrogen and oxygen atoms in total. The fourth-order valence-corrected chi connectivity index (χ4v) is 5.26. The van der Waals surface area contributed by atoms with Gasteiger partial charge in [-0.2, -0.15) is 0 Å². The zero-order valence-electron chi connectivity index (χ0n) is 19.9. The number of aromatic nitrogens is 4. The lowest BCUT2D eigenvalue weighted by Gasteiger charge is -2.27. The maximum Gasteiger partial charge on any atom is 0.238 e. The van der Waals surface area contributed by atoms with Gasteiger partial charge in [-0.25, -0.2) is 4.68 Å². The van der Waals surface area contributed by atoms with E-state index >= 15 is 0 Å². The number of benzene rings is 3. The van der Waals surface area contributed by atoms with Crippen molar-refractivity contribution in [2.75, 3.05) is 13.3 Å². The lowest BCUT2D eigenvalue weighted by molar-refractivity contribution is -0.126. The van der Waals surface area contributed by atoms with Gasteiger partial charge in [0, 0.05) is 24.2 Å². The Hall–Kier alpha value is -3.95. The molecule has 1 N–H and O–H groups in total. The fourth-order valence-electron chi connectivity index (χ4n) is 5.04. The van der Waals surface area contributed by atoms with Gasteiger partial charge in [-0.1, -0.05) is 72.3 Å². The third-order valence-electron chi connectivity index (χ3n) is 6.89. The summed E-state index contributed by atoms with van der Waals surface area (Å²) in [6, 6.07) is 22.9. The minimum Gasteiger partial charge on any atom is -0.454 e. The van der Waals surface area contributed by atoms with E-state index in [1.807, 2.05) is 66.7 Å². The summed E-state index contributed by atoms with van der Waals surface area (Å²) in [7, 11) is 0.